The molecule has 3 N–H and O–H groups in total. The minimum absolute atomic E-state index is 0.0427. The number of ether oxygens (including phenoxy) is 1. The van der Waals surface area contributed by atoms with Crippen LogP contribution in [0.1, 0.15) is 11.1 Å². The number of rotatable bonds is 6. The van der Waals surface area contributed by atoms with Gasteiger partial charge in [0.05, 0.1) is 4.92 Å². The number of benzene rings is 2. The molecule has 3 amide bonds. The van der Waals surface area contributed by atoms with Crippen LogP contribution in [-0.4, -0.2) is 16.9 Å². The zero-order chi connectivity index (χ0) is 19.8. The lowest BCUT2D eigenvalue weighted by atomic mass is 10.1. The highest BCUT2D eigenvalue weighted by Gasteiger charge is 2.17. The van der Waals surface area contributed by atoms with Crippen molar-refractivity contribution in [2.24, 2.45) is 5.73 Å². The van der Waals surface area contributed by atoms with E-state index >= 15 is 0 Å². The summed E-state index contributed by atoms with van der Waals surface area (Å²) < 4.78 is 5.50. The maximum absolute atomic E-state index is 11.7. The number of nitrogens with two attached hydrogens (primary N) is 1. The van der Waals surface area contributed by atoms with E-state index in [-0.39, 0.29) is 23.6 Å². The zero-order valence-corrected chi connectivity index (χ0v) is 13.9. The van der Waals surface area contributed by atoms with E-state index in [1.807, 2.05) is 30.3 Å². The smallest absolute Gasteiger partial charge is 0.319 e. The highest BCUT2D eigenvalue weighted by molar-refractivity contribution is 6.08. The summed E-state index contributed by atoms with van der Waals surface area (Å²) in [6, 6.07) is 13.6. The van der Waals surface area contributed by atoms with Crippen LogP contribution in [0.5, 0.6) is 5.75 Å². The van der Waals surface area contributed by atoms with Gasteiger partial charge >= 0.3 is 11.7 Å². The van der Waals surface area contributed by atoms with Crippen molar-refractivity contribution in [3.63, 3.8) is 0 Å². The van der Waals surface area contributed by atoms with Crippen LogP contribution in [0.15, 0.2) is 54.1 Å². The molecule has 136 valence electrons. The summed E-state index contributed by atoms with van der Waals surface area (Å²) in [5.74, 6) is -0.960. The molecule has 0 atom stereocenters. The van der Waals surface area contributed by atoms with Crippen LogP contribution in [0, 0.1) is 21.4 Å². The van der Waals surface area contributed by atoms with Crippen LogP contribution in [-0.2, 0) is 11.4 Å². The van der Waals surface area contributed by atoms with Gasteiger partial charge in [-0.05, 0) is 23.3 Å². The summed E-state index contributed by atoms with van der Waals surface area (Å²) in [5.41, 5.74) is 5.13. The topological polar surface area (TPSA) is 148 Å². The fourth-order valence-electron chi connectivity index (χ4n) is 2.12. The fraction of sp³-hybridized carbons (Fsp3) is 0.0556. The first-order valence-corrected chi connectivity index (χ1v) is 7.58. The Hall–Kier alpha value is -4.19. The second kappa shape index (κ2) is 8.77. The fourth-order valence-corrected chi connectivity index (χ4v) is 2.12. The van der Waals surface area contributed by atoms with Gasteiger partial charge in [0, 0.05) is 6.07 Å². The molecule has 2 aromatic rings. The lowest BCUT2D eigenvalue weighted by Gasteiger charge is -2.07. The first-order chi connectivity index (χ1) is 12.9. The van der Waals surface area contributed by atoms with Gasteiger partial charge in [-0.15, -0.1) is 0 Å². The molecule has 0 aliphatic heterocycles. The number of nitro groups is 1. The molecule has 0 aliphatic rings. The summed E-state index contributed by atoms with van der Waals surface area (Å²) in [6.07, 6.45) is 1.10. The monoisotopic (exact) mass is 366 g/mol. The molecular weight excluding hydrogens is 352 g/mol. The van der Waals surface area contributed by atoms with Crippen molar-refractivity contribution in [3.8, 4) is 11.8 Å². The van der Waals surface area contributed by atoms with Gasteiger partial charge in [-0.3, -0.25) is 20.2 Å². The Kier molecular flexibility index (Phi) is 6.22. The average molecular weight is 366 g/mol. The number of nitrogens with zero attached hydrogens (tertiary/aromatic N) is 2. The number of hydrogen-bond donors (Lipinski definition) is 2. The molecule has 0 radical (unpaired) electrons. The van der Waals surface area contributed by atoms with Crippen LogP contribution in [0.4, 0.5) is 10.5 Å². The predicted octanol–water partition coefficient (Wildman–Crippen LogP) is 2.28. The van der Waals surface area contributed by atoms with E-state index in [9.17, 15) is 19.7 Å². The molecule has 0 bridgehead atoms. The number of imide groups is 1. The highest BCUT2D eigenvalue weighted by Crippen LogP contribution is 2.29. The van der Waals surface area contributed by atoms with Crippen molar-refractivity contribution >= 4 is 23.7 Å². The number of carbonyl (C=O) groups excluding carboxylic acids is 2. The highest BCUT2D eigenvalue weighted by atomic mass is 16.6. The average Bonchev–Trinajstić information content (AvgIpc) is 2.64. The number of urea groups is 1. The summed E-state index contributed by atoms with van der Waals surface area (Å²) in [6.45, 7) is 0.140. The summed E-state index contributed by atoms with van der Waals surface area (Å²) in [7, 11) is 0. The number of nitro benzene ring substituents is 1. The van der Waals surface area contributed by atoms with Gasteiger partial charge < -0.3 is 10.5 Å². The number of carbonyl (C=O) groups is 2. The molecule has 0 saturated carbocycles. The Balaban J connectivity index is 2.27. The molecule has 0 heterocycles. The predicted molar refractivity (Wildman–Crippen MR) is 95.2 cm³/mol. The van der Waals surface area contributed by atoms with Crippen LogP contribution < -0.4 is 15.8 Å². The van der Waals surface area contributed by atoms with Gasteiger partial charge in [0.15, 0.2) is 5.75 Å². The number of amides is 3. The van der Waals surface area contributed by atoms with Crippen molar-refractivity contribution in [3.05, 3.63) is 75.3 Å². The van der Waals surface area contributed by atoms with E-state index in [0.717, 1.165) is 17.7 Å². The summed E-state index contributed by atoms with van der Waals surface area (Å²) >= 11 is 0. The molecule has 0 spiro atoms. The molecule has 27 heavy (non-hydrogen) atoms. The molecular formula is C18H14N4O5. The number of hydrogen-bond acceptors (Lipinski definition) is 6. The maximum Gasteiger partial charge on any atom is 0.319 e. The second-order valence-electron chi connectivity index (χ2n) is 5.25. The molecule has 9 heteroatoms. The van der Waals surface area contributed by atoms with Gasteiger partial charge in [-0.25, -0.2) is 4.79 Å². The molecule has 2 rings (SSSR count). The standard InChI is InChI=1S/C18H14N4O5/c19-10-14(17(23)21-18(20)24)8-13-6-7-16(15(9-13)22(25)26)27-11-12-4-2-1-3-5-12/h1-9H,11H2,(H3,20,21,23,24)/b14-8-. The molecule has 0 fully saturated rings. The van der Waals surface area contributed by atoms with Gasteiger partial charge in [-0.1, -0.05) is 36.4 Å². The van der Waals surface area contributed by atoms with E-state index in [1.165, 1.54) is 12.1 Å². The summed E-state index contributed by atoms with van der Waals surface area (Å²) in [4.78, 5) is 33.1. The molecule has 2 aromatic carbocycles. The van der Waals surface area contributed by atoms with Crippen LogP contribution in [0.2, 0.25) is 0 Å². The Bertz CT molecular complexity index is 948. The first kappa shape index (κ1) is 19.1. The Labute approximate surface area is 153 Å². The van der Waals surface area contributed by atoms with Gasteiger partial charge in [0.2, 0.25) is 0 Å². The van der Waals surface area contributed by atoms with Gasteiger partial charge in [0.25, 0.3) is 5.91 Å². The quantitative estimate of drug-likeness (QED) is 0.347. The van der Waals surface area contributed by atoms with E-state index in [1.54, 1.807) is 11.4 Å². The number of nitrogens with one attached hydrogen (secondary N) is 1. The zero-order valence-electron chi connectivity index (χ0n) is 13.9. The Morgan fingerprint density at radius 3 is 2.56 bits per heavy atom. The number of nitriles is 1. The van der Waals surface area contributed by atoms with E-state index in [2.05, 4.69) is 0 Å². The Morgan fingerprint density at radius 2 is 1.96 bits per heavy atom. The van der Waals surface area contributed by atoms with Crippen molar-refractivity contribution in [1.29, 1.82) is 5.26 Å². The van der Waals surface area contributed by atoms with Crippen molar-refractivity contribution in [1.82, 2.24) is 5.32 Å². The number of primary amides is 1. The Morgan fingerprint density at radius 1 is 1.26 bits per heavy atom. The molecule has 0 saturated heterocycles. The van der Waals surface area contributed by atoms with E-state index < -0.39 is 22.4 Å². The normalized spacial score (nSPS) is 10.6. The van der Waals surface area contributed by atoms with Crippen molar-refractivity contribution in [2.45, 2.75) is 6.61 Å². The van der Waals surface area contributed by atoms with Gasteiger partial charge in [-0.2, -0.15) is 5.26 Å². The third kappa shape index (κ3) is 5.40. The van der Waals surface area contributed by atoms with E-state index in [0.29, 0.717) is 0 Å². The lowest BCUT2D eigenvalue weighted by Crippen LogP contribution is -2.35. The van der Waals surface area contributed by atoms with Crippen LogP contribution >= 0.6 is 0 Å². The third-order valence-corrected chi connectivity index (χ3v) is 3.33. The third-order valence-electron chi connectivity index (χ3n) is 3.33. The maximum atomic E-state index is 11.7. The van der Waals surface area contributed by atoms with Crippen LogP contribution in [0.25, 0.3) is 6.08 Å². The van der Waals surface area contributed by atoms with Crippen LogP contribution in [0.3, 0.4) is 0 Å². The minimum Gasteiger partial charge on any atom is -0.482 e. The summed E-state index contributed by atoms with van der Waals surface area (Å²) in [5, 5.41) is 22.1. The molecule has 0 unspecified atom stereocenters. The SMILES string of the molecule is N#C/C(=C/c1ccc(OCc2ccccc2)c([N+](=O)[O-])c1)C(=O)NC(N)=O. The minimum atomic E-state index is -1.11. The molecule has 9 nitrogen and oxygen atoms in total. The molecule has 0 aliphatic carbocycles. The first-order valence-electron chi connectivity index (χ1n) is 7.58. The van der Waals surface area contributed by atoms with E-state index in [4.69, 9.17) is 15.7 Å². The molecule has 0 aromatic heterocycles. The lowest BCUT2D eigenvalue weighted by molar-refractivity contribution is -0.386. The largest absolute Gasteiger partial charge is 0.482 e. The second-order valence-corrected chi connectivity index (χ2v) is 5.25. The van der Waals surface area contributed by atoms with Gasteiger partial charge in [0.1, 0.15) is 18.2 Å². The van der Waals surface area contributed by atoms with Crippen molar-refractivity contribution < 1.29 is 19.2 Å². The van der Waals surface area contributed by atoms with Crippen molar-refractivity contribution in [2.75, 3.05) is 0 Å².